The maximum Gasteiger partial charge on any atom is 0.326 e. The van der Waals surface area contributed by atoms with Crippen LogP contribution < -0.4 is 9.04 Å². The van der Waals surface area contributed by atoms with Gasteiger partial charge in [-0.1, -0.05) is 34.7 Å². The molecule has 138 valence electrons. The molecule has 8 heteroatoms. The van der Waals surface area contributed by atoms with Gasteiger partial charge in [-0.2, -0.15) is 0 Å². The number of anilines is 1. The number of esters is 1. The molecular formula is C18H18BrNO5S. The molecule has 0 aromatic heterocycles. The summed E-state index contributed by atoms with van der Waals surface area (Å²) in [5.41, 5.74) is 0.292. The summed E-state index contributed by atoms with van der Waals surface area (Å²) in [5.74, 6) is -0.216. The van der Waals surface area contributed by atoms with E-state index in [-0.39, 0.29) is 11.5 Å². The molecule has 0 aliphatic carbocycles. The topological polar surface area (TPSA) is 72.9 Å². The van der Waals surface area contributed by atoms with Crippen LogP contribution in [-0.4, -0.2) is 34.6 Å². The summed E-state index contributed by atoms with van der Waals surface area (Å²) in [7, 11) is -2.77. The molecule has 2 rings (SSSR count). The molecule has 0 amide bonds. The van der Waals surface area contributed by atoms with Gasteiger partial charge >= 0.3 is 5.97 Å². The maximum absolute atomic E-state index is 13.1. The predicted molar refractivity (Wildman–Crippen MR) is 103 cm³/mol. The Morgan fingerprint density at radius 2 is 1.92 bits per heavy atom. The Balaban J connectivity index is 2.47. The Morgan fingerprint density at radius 3 is 2.54 bits per heavy atom. The minimum absolute atomic E-state index is 0.0574. The summed E-state index contributed by atoms with van der Waals surface area (Å²) < 4.78 is 38.0. The molecular weight excluding hydrogens is 422 g/mol. The summed E-state index contributed by atoms with van der Waals surface area (Å²) in [6.07, 6.45) is 1.58. The smallest absolute Gasteiger partial charge is 0.326 e. The van der Waals surface area contributed by atoms with E-state index in [0.29, 0.717) is 11.4 Å². The Labute approximate surface area is 161 Å². The van der Waals surface area contributed by atoms with E-state index in [1.54, 1.807) is 42.5 Å². The number of carbonyl (C=O) groups excluding carboxylic acids is 1. The summed E-state index contributed by atoms with van der Waals surface area (Å²) in [5, 5.41) is 0. The zero-order valence-corrected chi connectivity index (χ0v) is 16.5. The van der Waals surface area contributed by atoms with Crippen LogP contribution in [0.4, 0.5) is 5.69 Å². The molecule has 0 spiro atoms. The van der Waals surface area contributed by atoms with Crippen LogP contribution in [0.3, 0.4) is 0 Å². The molecule has 0 aliphatic rings. The van der Waals surface area contributed by atoms with Gasteiger partial charge in [-0.3, -0.25) is 9.10 Å². The fourth-order valence-corrected chi connectivity index (χ4v) is 3.78. The van der Waals surface area contributed by atoms with Gasteiger partial charge in [-0.15, -0.1) is 0 Å². The largest absolute Gasteiger partial charge is 0.489 e. The van der Waals surface area contributed by atoms with E-state index in [2.05, 4.69) is 27.2 Å². The van der Waals surface area contributed by atoms with Crippen LogP contribution in [0.2, 0.25) is 0 Å². The number of hydrogen-bond acceptors (Lipinski definition) is 5. The van der Waals surface area contributed by atoms with Gasteiger partial charge in [0.15, 0.2) is 0 Å². The van der Waals surface area contributed by atoms with Gasteiger partial charge in [-0.05, 0) is 36.4 Å². The first-order valence-electron chi connectivity index (χ1n) is 7.57. The van der Waals surface area contributed by atoms with Crippen molar-refractivity contribution in [1.29, 1.82) is 0 Å². The van der Waals surface area contributed by atoms with E-state index < -0.39 is 22.5 Å². The predicted octanol–water partition coefficient (Wildman–Crippen LogP) is 3.38. The standard InChI is InChI=1S/C18H18BrNO5S/c1-3-11-25-16-6-4-5-15(12-16)20(13-18(21)24-2)26(22,23)17-9-7-14(19)8-10-17/h3-10,12H,1,11,13H2,2H3. The monoisotopic (exact) mass is 439 g/mol. The van der Waals surface area contributed by atoms with Crippen molar-refractivity contribution in [3.8, 4) is 5.75 Å². The number of halogens is 1. The number of ether oxygens (including phenoxy) is 2. The molecule has 0 atom stereocenters. The molecule has 0 heterocycles. The van der Waals surface area contributed by atoms with Crippen LogP contribution >= 0.6 is 15.9 Å². The number of nitrogens with zero attached hydrogens (tertiary/aromatic N) is 1. The van der Waals surface area contributed by atoms with E-state index >= 15 is 0 Å². The first-order valence-corrected chi connectivity index (χ1v) is 9.80. The minimum atomic E-state index is -3.98. The lowest BCUT2D eigenvalue weighted by Gasteiger charge is -2.24. The molecule has 0 saturated carbocycles. The molecule has 0 bridgehead atoms. The second-order valence-corrected chi connectivity index (χ2v) is 7.92. The molecule has 2 aromatic carbocycles. The first-order chi connectivity index (χ1) is 12.4. The molecule has 0 radical (unpaired) electrons. The van der Waals surface area contributed by atoms with Gasteiger partial charge in [0.25, 0.3) is 10.0 Å². The van der Waals surface area contributed by atoms with Crippen molar-refractivity contribution >= 4 is 37.6 Å². The van der Waals surface area contributed by atoms with Crippen LogP contribution in [0, 0.1) is 0 Å². The van der Waals surface area contributed by atoms with Crippen molar-refractivity contribution in [3.05, 3.63) is 65.7 Å². The molecule has 0 unspecified atom stereocenters. The quantitative estimate of drug-likeness (QED) is 0.465. The maximum atomic E-state index is 13.1. The van der Waals surface area contributed by atoms with Gasteiger partial charge < -0.3 is 9.47 Å². The molecule has 0 fully saturated rings. The van der Waals surface area contributed by atoms with E-state index in [0.717, 1.165) is 8.78 Å². The molecule has 0 aliphatic heterocycles. The van der Waals surface area contributed by atoms with Crippen LogP contribution in [0.1, 0.15) is 0 Å². The Bertz CT molecular complexity index is 881. The highest BCUT2D eigenvalue weighted by atomic mass is 79.9. The van der Waals surface area contributed by atoms with E-state index in [9.17, 15) is 13.2 Å². The molecule has 2 aromatic rings. The second kappa shape index (κ2) is 8.86. The zero-order valence-electron chi connectivity index (χ0n) is 14.1. The third-order valence-corrected chi connectivity index (χ3v) is 5.69. The third kappa shape index (κ3) is 4.86. The van der Waals surface area contributed by atoms with E-state index in [1.807, 2.05) is 0 Å². The summed E-state index contributed by atoms with van der Waals surface area (Å²) >= 11 is 3.27. The first kappa shape index (κ1) is 20.0. The lowest BCUT2D eigenvalue weighted by Crippen LogP contribution is -2.36. The van der Waals surface area contributed by atoms with Crippen LogP contribution in [-0.2, 0) is 19.6 Å². The van der Waals surface area contributed by atoms with Crippen molar-refractivity contribution < 1.29 is 22.7 Å². The van der Waals surface area contributed by atoms with E-state index in [1.165, 1.54) is 19.2 Å². The summed E-state index contributed by atoms with van der Waals surface area (Å²) in [6.45, 7) is 3.39. The Hall–Kier alpha value is -2.32. The number of rotatable bonds is 8. The Morgan fingerprint density at radius 1 is 1.23 bits per heavy atom. The zero-order chi connectivity index (χ0) is 19.2. The summed E-state index contributed by atoms with van der Waals surface area (Å²) in [6, 6.07) is 12.6. The lowest BCUT2D eigenvalue weighted by atomic mass is 10.3. The fourth-order valence-electron chi connectivity index (χ4n) is 2.11. The van der Waals surface area contributed by atoms with E-state index in [4.69, 9.17) is 4.74 Å². The minimum Gasteiger partial charge on any atom is -0.489 e. The molecule has 26 heavy (non-hydrogen) atoms. The van der Waals surface area contributed by atoms with Gasteiger partial charge in [0.05, 0.1) is 17.7 Å². The fraction of sp³-hybridized carbons (Fsp3) is 0.167. The molecule has 0 N–H and O–H groups in total. The third-order valence-electron chi connectivity index (χ3n) is 3.38. The SMILES string of the molecule is C=CCOc1cccc(N(CC(=O)OC)S(=O)(=O)c2ccc(Br)cc2)c1. The summed E-state index contributed by atoms with van der Waals surface area (Å²) in [4.78, 5) is 11.9. The average molecular weight is 440 g/mol. The lowest BCUT2D eigenvalue weighted by molar-refractivity contribution is -0.138. The van der Waals surface area contributed by atoms with Crippen molar-refractivity contribution in [1.82, 2.24) is 0 Å². The van der Waals surface area contributed by atoms with Crippen molar-refractivity contribution in [2.45, 2.75) is 4.90 Å². The highest BCUT2D eigenvalue weighted by Gasteiger charge is 2.27. The number of benzene rings is 2. The average Bonchev–Trinajstić information content (AvgIpc) is 2.64. The molecule has 6 nitrogen and oxygen atoms in total. The number of hydrogen-bond donors (Lipinski definition) is 0. The Kier molecular flexibility index (Phi) is 6.82. The normalized spacial score (nSPS) is 10.8. The second-order valence-electron chi connectivity index (χ2n) is 5.14. The van der Waals surface area contributed by atoms with Crippen LogP contribution in [0.15, 0.2) is 70.6 Å². The molecule has 0 saturated heterocycles. The number of sulfonamides is 1. The van der Waals surface area contributed by atoms with Crippen LogP contribution in [0.5, 0.6) is 5.75 Å². The van der Waals surface area contributed by atoms with Crippen LogP contribution in [0.25, 0.3) is 0 Å². The van der Waals surface area contributed by atoms with Crippen molar-refractivity contribution in [2.24, 2.45) is 0 Å². The van der Waals surface area contributed by atoms with Gasteiger partial charge in [0, 0.05) is 10.5 Å². The van der Waals surface area contributed by atoms with Crippen molar-refractivity contribution in [3.63, 3.8) is 0 Å². The van der Waals surface area contributed by atoms with Gasteiger partial charge in [0.1, 0.15) is 18.9 Å². The highest BCUT2D eigenvalue weighted by molar-refractivity contribution is 9.10. The number of methoxy groups -OCH3 is 1. The number of carbonyl (C=O) groups is 1. The van der Waals surface area contributed by atoms with Gasteiger partial charge in [-0.25, -0.2) is 8.42 Å². The van der Waals surface area contributed by atoms with Crippen molar-refractivity contribution in [2.75, 3.05) is 24.6 Å². The van der Waals surface area contributed by atoms with Gasteiger partial charge in [0.2, 0.25) is 0 Å². The highest BCUT2D eigenvalue weighted by Crippen LogP contribution is 2.27.